The Morgan fingerprint density at radius 1 is 1.12 bits per heavy atom. The summed E-state index contributed by atoms with van der Waals surface area (Å²) in [7, 11) is 1.63. The van der Waals surface area contributed by atoms with Crippen LogP contribution in [0.5, 0.6) is 5.75 Å². The molecule has 1 aromatic rings. The molecule has 1 amide bonds. The number of rotatable bonds is 7. The van der Waals surface area contributed by atoms with Crippen LogP contribution in [-0.2, 0) is 19.7 Å². The molecule has 0 bridgehead atoms. The van der Waals surface area contributed by atoms with Crippen LogP contribution in [-0.4, -0.2) is 32.1 Å². The summed E-state index contributed by atoms with van der Waals surface area (Å²) in [4.78, 5) is 24.8. The Morgan fingerprint density at radius 2 is 1.80 bits per heavy atom. The molecular weight excluding hydrogens is 318 g/mol. The van der Waals surface area contributed by atoms with Gasteiger partial charge in [-0.05, 0) is 49.3 Å². The number of esters is 1. The number of hydrogen-bond donors (Lipinski definition) is 1. The van der Waals surface area contributed by atoms with Crippen LogP contribution in [0.15, 0.2) is 24.3 Å². The average Bonchev–Trinajstić information content (AvgIpc) is 3.49. The van der Waals surface area contributed by atoms with Gasteiger partial charge >= 0.3 is 5.97 Å². The predicted octanol–water partition coefficient (Wildman–Crippen LogP) is 2.97. The van der Waals surface area contributed by atoms with Gasteiger partial charge in [-0.15, -0.1) is 0 Å². The molecule has 0 saturated heterocycles. The zero-order valence-electron chi connectivity index (χ0n) is 14.9. The molecule has 0 heterocycles. The van der Waals surface area contributed by atoms with E-state index in [1.165, 1.54) is 0 Å². The first kappa shape index (κ1) is 17.8. The third-order valence-corrected chi connectivity index (χ3v) is 5.35. The van der Waals surface area contributed by atoms with Crippen molar-refractivity contribution in [3.05, 3.63) is 29.8 Å². The Hall–Kier alpha value is -2.04. The number of methoxy groups -OCH3 is 1. The predicted molar refractivity (Wildman–Crippen MR) is 94.4 cm³/mol. The van der Waals surface area contributed by atoms with E-state index in [1.54, 1.807) is 7.11 Å². The number of amides is 1. The molecule has 0 aromatic heterocycles. The van der Waals surface area contributed by atoms with Crippen LogP contribution in [0.25, 0.3) is 0 Å². The van der Waals surface area contributed by atoms with Crippen LogP contribution < -0.4 is 10.1 Å². The van der Waals surface area contributed by atoms with E-state index in [1.807, 2.05) is 24.3 Å². The lowest BCUT2D eigenvalue weighted by Gasteiger charge is -2.36. The molecule has 3 rings (SSSR count). The Balaban J connectivity index is 1.65. The number of benzene rings is 1. The highest BCUT2D eigenvalue weighted by molar-refractivity contribution is 5.90. The van der Waals surface area contributed by atoms with E-state index in [2.05, 4.69) is 5.32 Å². The third-order valence-electron chi connectivity index (χ3n) is 5.35. The first-order valence-electron chi connectivity index (χ1n) is 9.22. The number of ether oxygens (including phenoxy) is 2. The second-order valence-electron chi connectivity index (χ2n) is 7.18. The van der Waals surface area contributed by atoms with Crippen molar-refractivity contribution >= 4 is 11.9 Å². The molecular formula is C20H27NO4. The Kier molecular flexibility index (Phi) is 5.61. The van der Waals surface area contributed by atoms with Gasteiger partial charge in [-0.2, -0.15) is 0 Å². The molecule has 0 spiro atoms. The molecule has 0 radical (unpaired) electrons. The van der Waals surface area contributed by atoms with Gasteiger partial charge in [0.25, 0.3) is 0 Å². The summed E-state index contributed by atoms with van der Waals surface area (Å²) >= 11 is 0. The molecule has 0 atom stereocenters. The molecule has 2 aliphatic rings. The van der Waals surface area contributed by atoms with Gasteiger partial charge in [-0.1, -0.05) is 31.4 Å². The van der Waals surface area contributed by atoms with E-state index in [9.17, 15) is 9.59 Å². The van der Waals surface area contributed by atoms with Crippen molar-refractivity contribution in [2.24, 2.45) is 5.92 Å². The van der Waals surface area contributed by atoms with Crippen molar-refractivity contribution in [2.75, 3.05) is 20.3 Å². The highest BCUT2D eigenvalue weighted by atomic mass is 16.5. The van der Waals surface area contributed by atoms with Crippen molar-refractivity contribution in [2.45, 2.75) is 50.4 Å². The topological polar surface area (TPSA) is 64.6 Å². The quantitative estimate of drug-likeness (QED) is 0.772. The monoisotopic (exact) mass is 345 g/mol. The van der Waals surface area contributed by atoms with Gasteiger partial charge in [-0.25, -0.2) is 0 Å². The molecule has 2 fully saturated rings. The van der Waals surface area contributed by atoms with E-state index in [4.69, 9.17) is 9.47 Å². The summed E-state index contributed by atoms with van der Waals surface area (Å²) < 4.78 is 10.4. The molecule has 0 aliphatic heterocycles. The van der Waals surface area contributed by atoms with E-state index < -0.39 is 5.41 Å². The van der Waals surface area contributed by atoms with Crippen molar-refractivity contribution in [3.63, 3.8) is 0 Å². The number of hydrogen-bond acceptors (Lipinski definition) is 4. The van der Waals surface area contributed by atoms with E-state index in [0.29, 0.717) is 12.5 Å². The SMILES string of the molecule is COc1ccc(C2(C(=O)NCC(=O)OCC3CC3)CCCCC2)cc1. The zero-order chi connectivity index (χ0) is 17.7. The van der Waals surface area contributed by atoms with Crippen LogP contribution in [0.2, 0.25) is 0 Å². The van der Waals surface area contributed by atoms with Crippen LogP contribution in [0.1, 0.15) is 50.5 Å². The summed E-state index contributed by atoms with van der Waals surface area (Å²) in [5.41, 5.74) is 0.443. The molecule has 1 N–H and O–H groups in total. The lowest BCUT2D eigenvalue weighted by atomic mass is 9.68. The first-order chi connectivity index (χ1) is 12.1. The minimum Gasteiger partial charge on any atom is -0.497 e. The maximum atomic E-state index is 13.0. The standard InChI is InChI=1S/C20H27NO4/c1-24-17-9-7-16(8-10-17)20(11-3-2-4-12-20)19(23)21-13-18(22)25-14-15-5-6-15/h7-10,15H,2-6,11-14H2,1H3,(H,21,23). The summed E-state index contributed by atoms with van der Waals surface area (Å²) in [5, 5.41) is 2.82. The molecule has 25 heavy (non-hydrogen) atoms. The largest absolute Gasteiger partial charge is 0.497 e. The average molecular weight is 345 g/mol. The lowest BCUT2D eigenvalue weighted by molar-refractivity contribution is -0.145. The molecule has 0 unspecified atom stereocenters. The van der Waals surface area contributed by atoms with Gasteiger partial charge in [0.05, 0.1) is 19.1 Å². The normalized spacial score (nSPS) is 19.1. The number of nitrogens with one attached hydrogen (secondary N) is 1. The molecule has 136 valence electrons. The maximum Gasteiger partial charge on any atom is 0.325 e. The molecule has 5 nitrogen and oxygen atoms in total. The van der Waals surface area contributed by atoms with Crippen molar-refractivity contribution < 1.29 is 19.1 Å². The van der Waals surface area contributed by atoms with E-state index in [-0.39, 0.29) is 18.4 Å². The minimum absolute atomic E-state index is 0.0521. The second kappa shape index (κ2) is 7.89. The minimum atomic E-state index is -0.554. The first-order valence-corrected chi connectivity index (χ1v) is 9.22. The van der Waals surface area contributed by atoms with Crippen LogP contribution in [0, 0.1) is 5.92 Å². The maximum absolute atomic E-state index is 13.0. The van der Waals surface area contributed by atoms with Crippen molar-refractivity contribution in [3.8, 4) is 5.75 Å². The second-order valence-corrected chi connectivity index (χ2v) is 7.18. The summed E-state index contributed by atoms with van der Waals surface area (Å²) in [5.74, 6) is 0.893. The Bertz CT molecular complexity index is 601. The van der Waals surface area contributed by atoms with Crippen molar-refractivity contribution in [1.82, 2.24) is 5.32 Å². The van der Waals surface area contributed by atoms with Crippen molar-refractivity contribution in [1.29, 1.82) is 0 Å². The summed E-state index contributed by atoms with van der Waals surface area (Å²) in [6.45, 7) is 0.432. The van der Waals surface area contributed by atoms with E-state index >= 15 is 0 Å². The fraction of sp³-hybridized carbons (Fsp3) is 0.600. The lowest BCUT2D eigenvalue weighted by Crippen LogP contribution is -2.47. The van der Waals surface area contributed by atoms with Gasteiger partial charge in [0, 0.05) is 0 Å². The summed E-state index contributed by atoms with van der Waals surface area (Å²) in [6, 6.07) is 7.72. The van der Waals surface area contributed by atoms with Crippen LogP contribution in [0.4, 0.5) is 0 Å². The van der Waals surface area contributed by atoms with Gasteiger partial charge in [0.2, 0.25) is 5.91 Å². The van der Waals surface area contributed by atoms with Gasteiger partial charge < -0.3 is 14.8 Å². The number of carbonyl (C=O) groups excluding carboxylic acids is 2. The highest BCUT2D eigenvalue weighted by Crippen LogP contribution is 2.40. The molecule has 5 heteroatoms. The van der Waals surface area contributed by atoms with Crippen LogP contribution in [0.3, 0.4) is 0 Å². The number of carbonyl (C=O) groups is 2. The third kappa shape index (κ3) is 4.33. The van der Waals surface area contributed by atoms with Gasteiger partial charge in [0.1, 0.15) is 12.3 Å². The van der Waals surface area contributed by atoms with Gasteiger partial charge in [-0.3, -0.25) is 9.59 Å². The summed E-state index contributed by atoms with van der Waals surface area (Å²) in [6.07, 6.45) is 7.08. The fourth-order valence-corrected chi connectivity index (χ4v) is 3.58. The molecule has 2 saturated carbocycles. The smallest absolute Gasteiger partial charge is 0.325 e. The zero-order valence-corrected chi connectivity index (χ0v) is 14.9. The Morgan fingerprint density at radius 3 is 2.40 bits per heavy atom. The fourth-order valence-electron chi connectivity index (χ4n) is 3.58. The highest BCUT2D eigenvalue weighted by Gasteiger charge is 2.41. The molecule has 1 aromatic carbocycles. The Labute approximate surface area is 149 Å². The molecule has 2 aliphatic carbocycles. The van der Waals surface area contributed by atoms with Gasteiger partial charge in [0.15, 0.2) is 0 Å². The van der Waals surface area contributed by atoms with Crippen LogP contribution >= 0.6 is 0 Å². The van der Waals surface area contributed by atoms with E-state index in [0.717, 1.165) is 56.3 Å².